The molecule has 39 heavy (non-hydrogen) atoms. The predicted molar refractivity (Wildman–Crippen MR) is 152 cm³/mol. The predicted octanol–water partition coefficient (Wildman–Crippen LogP) is 5.73. The summed E-state index contributed by atoms with van der Waals surface area (Å²) in [7, 11) is 0. The lowest BCUT2D eigenvalue weighted by atomic mass is 9.81. The van der Waals surface area contributed by atoms with Gasteiger partial charge in [-0.3, -0.25) is 9.59 Å². The molecule has 0 radical (unpaired) electrons. The van der Waals surface area contributed by atoms with Crippen LogP contribution in [0.15, 0.2) is 60.7 Å². The van der Waals surface area contributed by atoms with Gasteiger partial charge in [-0.25, -0.2) is 9.97 Å². The van der Waals surface area contributed by atoms with Gasteiger partial charge in [0.25, 0.3) is 0 Å². The molecule has 0 spiro atoms. The summed E-state index contributed by atoms with van der Waals surface area (Å²) >= 11 is 0. The van der Waals surface area contributed by atoms with E-state index in [0.717, 1.165) is 51.4 Å². The molecule has 2 aromatic carbocycles. The van der Waals surface area contributed by atoms with E-state index in [9.17, 15) is 9.59 Å². The normalized spacial score (nSPS) is 12.1. The summed E-state index contributed by atoms with van der Waals surface area (Å²) in [6.07, 6.45) is 1.30. The SMILES string of the molecule is CCOC(=O)C(C(=O)OCC)C(Cc1ccccc1)c1ccc(Cn2c(CC)nc3c(C)cc(C)nc32)cc1. The first-order chi connectivity index (χ1) is 18.9. The third-order valence-corrected chi connectivity index (χ3v) is 6.95. The number of hydrogen-bond donors (Lipinski definition) is 0. The standard InChI is InChI=1S/C32H37N3O4/c1-6-27-34-29-21(4)18-22(5)33-30(29)35(27)20-24-14-16-25(17-15-24)26(19-23-12-10-9-11-13-23)28(31(36)38-7-2)32(37)39-8-3/h9-18,26,28H,6-8,19-20H2,1-5H3. The summed E-state index contributed by atoms with van der Waals surface area (Å²) in [4.78, 5) is 35.7. The molecule has 0 N–H and O–H groups in total. The van der Waals surface area contributed by atoms with Gasteiger partial charge in [0.15, 0.2) is 11.6 Å². The Morgan fingerprint density at radius 2 is 1.49 bits per heavy atom. The Bertz CT molecular complexity index is 1410. The topological polar surface area (TPSA) is 83.3 Å². The van der Waals surface area contributed by atoms with E-state index in [0.29, 0.717) is 13.0 Å². The van der Waals surface area contributed by atoms with Crippen LogP contribution in [0.2, 0.25) is 0 Å². The van der Waals surface area contributed by atoms with Crippen molar-refractivity contribution in [2.45, 2.75) is 59.9 Å². The number of pyridine rings is 1. The molecule has 4 aromatic rings. The second-order valence-electron chi connectivity index (χ2n) is 9.74. The fourth-order valence-corrected chi connectivity index (χ4v) is 5.12. The maximum absolute atomic E-state index is 13.1. The molecule has 7 nitrogen and oxygen atoms in total. The minimum atomic E-state index is -1.06. The first-order valence-corrected chi connectivity index (χ1v) is 13.7. The molecule has 0 fully saturated rings. The van der Waals surface area contributed by atoms with Crippen LogP contribution in [0.4, 0.5) is 0 Å². The summed E-state index contributed by atoms with van der Waals surface area (Å²) < 4.78 is 12.8. The van der Waals surface area contributed by atoms with Gasteiger partial charge in [-0.05, 0) is 62.4 Å². The van der Waals surface area contributed by atoms with E-state index in [4.69, 9.17) is 19.4 Å². The molecule has 0 aliphatic heterocycles. The van der Waals surface area contributed by atoms with Crippen LogP contribution in [0.3, 0.4) is 0 Å². The molecule has 1 unspecified atom stereocenters. The number of fused-ring (bicyclic) bond motifs is 1. The van der Waals surface area contributed by atoms with Crippen molar-refractivity contribution in [3.63, 3.8) is 0 Å². The quantitative estimate of drug-likeness (QED) is 0.183. The van der Waals surface area contributed by atoms with E-state index in [1.165, 1.54) is 0 Å². The Hall–Kier alpha value is -4.00. The number of ether oxygens (including phenoxy) is 2. The highest BCUT2D eigenvalue weighted by Crippen LogP contribution is 2.32. The number of benzene rings is 2. The lowest BCUT2D eigenvalue weighted by Crippen LogP contribution is -2.34. The lowest BCUT2D eigenvalue weighted by molar-refractivity contribution is -0.162. The molecule has 2 heterocycles. The Morgan fingerprint density at radius 3 is 2.08 bits per heavy atom. The van der Waals surface area contributed by atoms with Crippen LogP contribution in [-0.4, -0.2) is 39.7 Å². The average Bonchev–Trinajstić information content (AvgIpc) is 3.27. The summed E-state index contributed by atoms with van der Waals surface area (Å²) in [6.45, 7) is 10.7. The molecule has 0 aliphatic carbocycles. The highest BCUT2D eigenvalue weighted by molar-refractivity contribution is 5.96. The average molecular weight is 528 g/mol. The number of esters is 2. The van der Waals surface area contributed by atoms with Gasteiger partial charge in [-0.15, -0.1) is 0 Å². The van der Waals surface area contributed by atoms with Gasteiger partial charge < -0.3 is 14.0 Å². The van der Waals surface area contributed by atoms with Crippen molar-refractivity contribution in [1.29, 1.82) is 0 Å². The summed E-state index contributed by atoms with van der Waals surface area (Å²) in [5.41, 5.74) is 6.89. The van der Waals surface area contributed by atoms with Gasteiger partial charge in [0.05, 0.1) is 19.8 Å². The van der Waals surface area contributed by atoms with Crippen molar-refractivity contribution in [3.8, 4) is 0 Å². The highest BCUT2D eigenvalue weighted by atomic mass is 16.6. The van der Waals surface area contributed by atoms with E-state index in [-0.39, 0.29) is 13.2 Å². The molecule has 1 atom stereocenters. The van der Waals surface area contributed by atoms with E-state index in [1.54, 1.807) is 13.8 Å². The van der Waals surface area contributed by atoms with Crippen molar-refractivity contribution < 1.29 is 19.1 Å². The molecule has 0 saturated carbocycles. The Labute approximate surface area is 230 Å². The van der Waals surface area contributed by atoms with Crippen molar-refractivity contribution >= 4 is 23.1 Å². The number of aromatic nitrogens is 3. The van der Waals surface area contributed by atoms with Crippen LogP contribution < -0.4 is 0 Å². The van der Waals surface area contributed by atoms with Crippen molar-refractivity contribution in [1.82, 2.24) is 14.5 Å². The van der Waals surface area contributed by atoms with Gasteiger partial charge in [0.1, 0.15) is 11.3 Å². The van der Waals surface area contributed by atoms with Crippen LogP contribution in [0.25, 0.3) is 11.2 Å². The maximum atomic E-state index is 13.1. The number of aryl methyl sites for hydroxylation is 3. The van der Waals surface area contributed by atoms with E-state index >= 15 is 0 Å². The van der Waals surface area contributed by atoms with Crippen LogP contribution in [-0.2, 0) is 38.4 Å². The van der Waals surface area contributed by atoms with Crippen LogP contribution in [0.1, 0.15) is 60.5 Å². The molecular formula is C32H37N3O4. The fraction of sp³-hybridized carbons (Fsp3) is 0.375. The maximum Gasteiger partial charge on any atom is 0.320 e. The first-order valence-electron chi connectivity index (χ1n) is 13.7. The fourth-order valence-electron chi connectivity index (χ4n) is 5.12. The third kappa shape index (κ3) is 6.36. The minimum absolute atomic E-state index is 0.192. The molecule has 204 valence electrons. The van der Waals surface area contributed by atoms with Crippen molar-refractivity contribution in [2.75, 3.05) is 13.2 Å². The second kappa shape index (κ2) is 12.7. The summed E-state index contributed by atoms with van der Waals surface area (Å²) in [5, 5.41) is 0. The van der Waals surface area contributed by atoms with Crippen LogP contribution >= 0.6 is 0 Å². The molecule has 7 heteroatoms. The molecular weight excluding hydrogens is 490 g/mol. The zero-order chi connectivity index (χ0) is 27.9. The van der Waals surface area contributed by atoms with E-state index < -0.39 is 23.8 Å². The molecule has 0 amide bonds. The van der Waals surface area contributed by atoms with Gasteiger partial charge in [-0.1, -0.05) is 61.5 Å². The van der Waals surface area contributed by atoms with Crippen LogP contribution in [0, 0.1) is 19.8 Å². The van der Waals surface area contributed by atoms with Crippen molar-refractivity contribution in [2.24, 2.45) is 5.92 Å². The van der Waals surface area contributed by atoms with Crippen LogP contribution in [0.5, 0.6) is 0 Å². The van der Waals surface area contributed by atoms with E-state index in [2.05, 4.69) is 36.6 Å². The largest absolute Gasteiger partial charge is 0.465 e. The Kier molecular flexibility index (Phi) is 9.12. The molecule has 4 rings (SSSR count). The zero-order valence-electron chi connectivity index (χ0n) is 23.4. The van der Waals surface area contributed by atoms with Gasteiger partial charge in [0, 0.05) is 18.0 Å². The van der Waals surface area contributed by atoms with Gasteiger partial charge in [-0.2, -0.15) is 0 Å². The van der Waals surface area contributed by atoms with Gasteiger partial charge >= 0.3 is 11.9 Å². The molecule has 0 saturated heterocycles. The number of rotatable bonds is 11. The number of nitrogens with zero attached hydrogens (tertiary/aromatic N) is 3. The lowest BCUT2D eigenvalue weighted by Gasteiger charge is -2.25. The van der Waals surface area contributed by atoms with E-state index in [1.807, 2.05) is 49.4 Å². The minimum Gasteiger partial charge on any atom is -0.465 e. The van der Waals surface area contributed by atoms with Crippen molar-refractivity contribution in [3.05, 3.63) is 94.4 Å². The number of imidazole rings is 1. The van der Waals surface area contributed by atoms with Gasteiger partial charge in [0.2, 0.25) is 0 Å². The molecule has 0 aliphatic rings. The number of hydrogen-bond acceptors (Lipinski definition) is 6. The Balaban J connectivity index is 1.70. The highest BCUT2D eigenvalue weighted by Gasteiger charge is 2.38. The second-order valence-corrected chi connectivity index (χ2v) is 9.74. The third-order valence-electron chi connectivity index (χ3n) is 6.95. The Morgan fingerprint density at radius 1 is 0.846 bits per heavy atom. The monoisotopic (exact) mass is 527 g/mol. The zero-order valence-corrected chi connectivity index (χ0v) is 23.4. The first kappa shape index (κ1) is 28.0. The molecule has 0 bridgehead atoms. The molecule has 2 aromatic heterocycles. The number of carbonyl (C=O) groups excluding carboxylic acids is 2. The number of carbonyl (C=O) groups is 2. The summed E-state index contributed by atoms with van der Waals surface area (Å²) in [6, 6.07) is 20.0. The smallest absolute Gasteiger partial charge is 0.320 e. The summed E-state index contributed by atoms with van der Waals surface area (Å²) in [5.74, 6) is -1.63.